The summed E-state index contributed by atoms with van der Waals surface area (Å²) in [6.45, 7) is 8.35. The Labute approximate surface area is 183 Å². The first kappa shape index (κ1) is 23.9. The molecule has 6 heteroatoms. The molecule has 0 bridgehead atoms. The van der Waals surface area contributed by atoms with Crippen LogP contribution in [0.15, 0.2) is 53.4 Å². The number of nitrogens with zero attached hydrogens (tertiary/aromatic N) is 1. The molecule has 0 aliphatic rings. The van der Waals surface area contributed by atoms with Crippen molar-refractivity contribution < 1.29 is 14.0 Å². The second kappa shape index (κ2) is 11.7. The minimum Gasteiger partial charge on any atom is -0.354 e. The molecule has 2 amide bonds. The first-order valence-electron chi connectivity index (χ1n) is 10.3. The summed E-state index contributed by atoms with van der Waals surface area (Å²) in [5.41, 5.74) is 1.59. The van der Waals surface area contributed by atoms with Gasteiger partial charge in [0.15, 0.2) is 0 Å². The molecule has 30 heavy (non-hydrogen) atoms. The quantitative estimate of drug-likeness (QED) is 0.551. The van der Waals surface area contributed by atoms with Crippen LogP contribution >= 0.6 is 11.8 Å². The van der Waals surface area contributed by atoms with E-state index in [-0.39, 0.29) is 30.6 Å². The fraction of sp³-hybridized carbons (Fsp3) is 0.417. The highest BCUT2D eigenvalue weighted by Crippen LogP contribution is 2.21. The molecule has 0 spiro atoms. The van der Waals surface area contributed by atoms with Crippen LogP contribution in [0.2, 0.25) is 0 Å². The lowest BCUT2D eigenvalue weighted by Gasteiger charge is -2.29. The van der Waals surface area contributed by atoms with E-state index in [1.165, 1.54) is 16.5 Å². The van der Waals surface area contributed by atoms with E-state index >= 15 is 0 Å². The largest absolute Gasteiger partial charge is 0.354 e. The number of amides is 2. The summed E-state index contributed by atoms with van der Waals surface area (Å²) in [6.07, 6.45) is 0.273. The van der Waals surface area contributed by atoms with Crippen molar-refractivity contribution in [3.05, 3.63) is 65.5 Å². The molecule has 0 aromatic heterocycles. The lowest BCUT2D eigenvalue weighted by atomic mass is 10.1. The maximum absolute atomic E-state index is 14.2. The van der Waals surface area contributed by atoms with Crippen LogP contribution in [-0.2, 0) is 16.1 Å². The van der Waals surface area contributed by atoms with Crippen LogP contribution in [0, 0.1) is 18.7 Å². The molecule has 0 saturated carbocycles. The Kier molecular flexibility index (Phi) is 9.37. The number of hydrogen-bond acceptors (Lipinski definition) is 3. The number of rotatable bonds is 10. The third kappa shape index (κ3) is 7.48. The van der Waals surface area contributed by atoms with Crippen molar-refractivity contribution in [2.24, 2.45) is 5.92 Å². The number of carbonyl (C=O) groups is 2. The van der Waals surface area contributed by atoms with Crippen LogP contribution in [0.1, 0.15) is 38.3 Å². The van der Waals surface area contributed by atoms with Gasteiger partial charge in [-0.05, 0) is 38.0 Å². The van der Waals surface area contributed by atoms with E-state index < -0.39 is 6.04 Å². The van der Waals surface area contributed by atoms with Gasteiger partial charge in [0, 0.05) is 35.7 Å². The minimum absolute atomic E-state index is 0.0664. The molecule has 0 saturated heterocycles. The molecule has 0 aliphatic heterocycles. The van der Waals surface area contributed by atoms with E-state index in [1.54, 1.807) is 36.9 Å². The topological polar surface area (TPSA) is 49.4 Å². The highest BCUT2D eigenvalue weighted by molar-refractivity contribution is 7.99. The van der Waals surface area contributed by atoms with Crippen LogP contribution in [0.4, 0.5) is 4.39 Å². The summed E-state index contributed by atoms with van der Waals surface area (Å²) in [4.78, 5) is 28.2. The summed E-state index contributed by atoms with van der Waals surface area (Å²) >= 11 is 1.60. The molecule has 1 atom stereocenters. The Balaban J connectivity index is 2.06. The molecule has 0 aliphatic carbocycles. The average molecular weight is 431 g/mol. The third-order valence-electron chi connectivity index (χ3n) is 4.76. The maximum atomic E-state index is 14.2. The monoisotopic (exact) mass is 430 g/mol. The Morgan fingerprint density at radius 3 is 2.37 bits per heavy atom. The predicted octanol–water partition coefficient (Wildman–Crippen LogP) is 4.81. The summed E-state index contributed by atoms with van der Waals surface area (Å²) in [5, 5.41) is 2.87. The first-order chi connectivity index (χ1) is 14.3. The van der Waals surface area contributed by atoms with Gasteiger partial charge in [0.05, 0.1) is 0 Å². The van der Waals surface area contributed by atoms with Gasteiger partial charge in [-0.15, -0.1) is 11.8 Å². The van der Waals surface area contributed by atoms with Gasteiger partial charge in [-0.2, -0.15) is 0 Å². The molecule has 4 nitrogen and oxygen atoms in total. The van der Waals surface area contributed by atoms with Crippen molar-refractivity contribution in [1.82, 2.24) is 10.2 Å². The lowest BCUT2D eigenvalue weighted by Crippen LogP contribution is -2.48. The molecular formula is C24H31FN2O2S. The van der Waals surface area contributed by atoms with Gasteiger partial charge in [0.1, 0.15) is 11.9 Å². The second-order valence-electron chi connectivity index (χ2n) is 7.84. The van der Waals surface area contributed by atoms with Crippen LogP contribution < -0.4 is 5.32 Å². The van der Waals surface area contributed by atoms with Crippen LogP contribution in [0.5, 0.6) is 0 Å². The molecule has 1 N–H and O–H groups in total. The van der Waals surface area contributed by atoms with Crippen molar-refractivity contribution in [3.63, 3.8) is 0 Å². The summed E-state index contributed by atoms with van der Waals surface area (Å²) in [7, 11) is 0. The predicted molar refractivity (Wildman–Crippen MR) is 121 cm³/mol. The molecule has 2 aromatic carbocycles. The van der Waals surface area contributed by atoms with Gasteiger partial charge in [-0.1, -0.05) is 49.7 Å². The molecular weight excluding hydrogens is 399 g/mol. The fourth-order valence-electron chi connectivity index (χ4n) is 2.88. The van der Waals surface area contributed by atoms with Crippen molar-refractivity contribution >= 4 is 23.6 Å². The van der Waals surface area contributed by atoms with Crippen molar-refractivity contribution in [1.29, 1.82) is 0 Å². The Bertz CT molecular complexity index is 839. The van der Waals surface area contributed by atoms with Crippen LogP contribution in [0.25, 0.3) is 0 Å². The normalized spacial score (nSPS) is 11.9. The number of hydrogen-bond donors (Lipinski definition) is 1. The summed E-state index contributed by atoms with van der Waals surface area (Å²) in [6, 6.07) is 13.8. The van der Waals surface area contributed by atoms with Crippen LogP contribution in [-0.4, -0.2) is 35.1 Å². The molecule has 0 fully saturated rings. The Hall–Kier alpha value is -2.34. The van der Waals surface area contributed by atoms with Crippen molar-refractivity contribution in [3.8, 4) is 0 Å². The smallest absolute Gasteiger partial charge is 0.242 e. The molecule has 162 valence electrons. The van der Waals surface area contributed by atoms with E-state index in [4.69, 9.17) is 0 Å². The van der Waals surface area contributed by atoms with Gasteiger partial charge >= 0.3 is 0 Å². The highest BCUT2D eigenvalue weighted by atomic mass is 32.2. The zero-order valence-corrected chi connectivity index (χ0v) is 19.0. The van der Waals surface area contributed by atoms with E-state index in [9.17, 15) is 14.0 Å². The zero-order chi connectivity index (χ0) is 22.1. The van der Waals surface area contributed by atoms with E-state index in [2.05, 4.69) is 5.32 Å². The zero-order valence-electron chi connectivity index (χ0n) is 18.2. The fourth-order valence-corrected chi connectivity index (χ4v) is 3.72. The molecule has 2 aromatic rings. The van der Waals surface area contributed by atoms with E-state index in [0.717, 1.165) is 4.90 Å². The number of thioether (sulfide) groups is 1. The molecule has 0 radical (unpaired) electrons. The number of benzene rings is 2. The number of halogens is 1. The van der Waals surface area contributed by atoms with Gasteiger partial charge in [-0.25, -0.2) is 4.39 Å². The molecule has 2 rings (SSSR count). The number of aryl methyl sites for hydroxylation is 1. The molecule has 1 unspecified atom stereocenters. The highest BCUT2D eigenvalue weighted by Gasteiger charge is 2.26. The SMILES string of the molecule is Cc1ccc(SCCC(=O)N(Cc2ccccc2F)C(C)C(=O)NCC(C)C)cc1. The molecule has 0 heterocycles. The van der Waals surface area contributed by atoms with Gasteiger partial charge < -0.3 is 10.2 Å². The lowest BCUT2D eigenvalue weighted by molar-refractivity contribution is -0.140. The maximum Gasteiger partial charge on any atom is 0.242 e. The third-order valence-corrected chi connectivity index (χ3v) is 5.77. The van der Waals surface area contributed by atoms with Gasteiger partial charge in [-0.3, -0.25) is 9.59 Å². The van der Waals surface area contributed by atoms with Crippen LogP contribution in [0.3, 0.4) is 0 Å². The standard InChI is InChI=1S/C24H31FN2O2S/c1-17(2)15-26-24(29)19(4)27(16-20-7-5-6-8-22(20)25)23(28)13-14-30-21-11-9-18(3)10-12-21/h5-12,17,19H,13-16H2,1-4H3,(H,26,29). The number of nitrogens with one attached hydrogen (secondary N) is 1. The van der Waals surface area contributed by atoms with E-state index in [0.29, 0.717) is 23.8 Å². The van der Waals surface area contributed by atoms with Crippen molar-refractivity contribution in [2.75, 3.05) is 12.3 Å². The Morgan fingerprint density at radius 1 is 1.07 bits per heavy atom. The average Bonchev–Trinajstić information content (AvgIpc) is 2.72. The summed E-state index contributed by atoms with van der Waals surface area (Å²) < 4.78 is 14.2. The van der Waals surface area contributed by atoms with Gasteiger partial charge in [0.2, 0.25) is 11.8 Å². The van der Waals surface area contributed by atoms with Crippen molar-refractivity contribution in [2.45, 2.75) is 51.6 Å². The second-order valence-corrected chi connectivity index (χ2v) is 9.01. The van der Waals surface area contributed by atoms with Gasteiger partial charge in [0.25, 0.3) is 0 Å². The number of carbonyl (C=O) groups excluding carboxylic acids is 2. The van der Waals surface area contributed by atoms with E-state index in [1.807, 2.05) is 45.0 Å². The first-order valence-corrected chi connectivity index (χ1v) is 11.3. The Morgan fingerprint density at radius 2 is 1.73 bits per heavy atom. The minimum atomic E-state index is -0.680. The summed E-state index contributed by atoms with van der Waals surface area (Å²) in [5.74, 6) is 0.141.